The fourth-order valence-corrected chi connectivity index (χ4v) is 3.88. The molecule has 0 spiro atoms. The van der Waals surface area contributed by atoms with E-state index in [1.165, 1.54) is 12.1 Å². The van der Waals surface area contributed by atoms with Crippen molar-refractivity contribution in [1.82, 2.24) is 0 Å². The lowest BCUT2D eigenvalue weighted by molar-refractivity contribution is 0.589. The number of hydrogen-bond acceptors (Lipinski definition) is 2. The molecule has 1 aliphatic heterocycles. The molecule has 0 unspecified atom stereocenters. The molecular weight excluding hydrogens is 265 g/mol. The minimum absolute atomic E-state index is 0.00164. The number of hydrogen-bond donors (Lipinski definition) is 0. The lowest BCUT2D eigenvalue weighted by atomic mass is 10.1. The molecule has 0 saturated carbocycles. The van der Waals surface area contributed by atoms with Gasteiger partial charge in [0.2, 0.25) is 10.0 Å². The lowest BCUT2D eigenvalue weighted by Gasteiger charge is -2.30. The van der Waals surface area contributed by atoms with Gasteiger partial charge < -0.3 is 0 Å². The van der Waals surface area contributed by atoms with E-state index in [2.05, 4.69) is 0 Å². The lowest BCUT2D eigenvalue weighted by Crippen LogP contribution is -2.34. The fraction of sp³-hybridized carbons (Fsp3) is 0.143. The predicted octanol–water partition coefficient (Wildman–Crippen LogP) is 2.85. The first kappa shape index (κ1) is 12.2. The van der Waals surface area contributed by atoms with E-state index in [-0.39, 0.29) is 11.4 Å². The molecule has 2 aromatic rings. The van der Waals surface area contributed by atoms with Crippen molar-refractivity contribution in [1.29, 1.82) is 0 Å². The number of halogens is 1. The minimum Gasteiger partial charge on any atom is -0.235 e. The van der Waals surface area contributed by atoms with E-state index >= 15 is 0 Å². The first-order valence-electron chi connectivity index (χ1n) is 5.95. The first-order chi connectivity index (χ1) is 9.09. The quantitative estimate of drug-likeness (QED) is 0.803. The highest BCUT2D eigenvalue weighted by atomic mass is 32.2. The van der Waals surface area contributed by atoms with Crippen LogP contribution in [-0.2, 0) is 16.4 Å². The number of nitrogens with zero attached hydrogens (tertiary/aromatic N) is 1. The Morgan fingerprint density at radius 3 is 2.32 bits per heavy atom. The second-order valence-electron chi connectivity index (χ2n) is 4.41. The van der Waals surface area contributed by atoms with E-state index in [0.29, 0.717) is 12.1 Å². The van der Waals surface area contributed by atoms with E-state index in [1.54, 1.807) is 24.3 Å². The highest BCUT2D eigenvalue weighted by Gasteiger charge is 2.32. The van der Waals surface area contributed by atoms with Crippen LogP contribution >= 0.6 is 0 Å². The van der Waals surface area contributed by atoms with Crippen LogP contribution in [0.4, 0.5) is 15.8 Å². The monoisotopic (exact) mass is 277 g/mol. The molecule has 19 heavy (non-hydrogen) atoms. The van der Waals surface area contributed by atoms with E-state index < -0.39 is 15.8 Å². The van der Waals surface area contributed by atoms with Crippen molar-refractivity contribution in [2.75, 3.05) is 10.1 Å². The molecule has 3 nitrogen and oxygen atoms in total. The zero-order valence-electron chi connectivity index (χ0n) is 10.1. The molecule has 3 rings (SSSR count). The Hall–Kier alpha value is -1.88. The van der Waals surface area contributed by atoms with Gasteiger partial charge in [0.25, 0.3) is 0 Å². The molecule has 0 amide bonds. The standard InChI is InChI=1S/C14H12FNO2S/c15-12-6-2-4-8-14(12)16-13-7-3-1-5-11(13)9-10-19(16,17)18/h1-8H,9-10H2. The Morgan fingerprint density at radius 1 is 0.947 bits per heavy atom. The van der Waals surface area contributed by atoms with Crippen LogP contribution in [0.2, 0.25) is 0 Å². The van der Waals surface area contributed by atoms with Gasteiger partial charge in [0.1, 0.15) is 5.82 Å². The number of anilines is 2. The van der Waals surface area contributed by atoms with Crippen LogP contribution < -0.4 is 4.31 Å². The molecule has 0 saturated heterocycles. The third kappa shape index (κ3) is 2.00. The zero-order chi connectivity index (χ0) is 13.5. The topological polar surface area (TPSA) is 37.4 Å². The number of sulfonamides is 1. The first-order valence-corrected chi connectivity index (χ1v) is 7.56. The summed E-state index contributed by atoms with van der Waals surface area (Å²) in [6.07, 6.45) is 0.462. The van der Waals surface area contributed by atoms with Crippen molar-refractivity contribution in [2.45, 2.75) is 6.42 Å². The van der Waals surface area contributed by atoms with Crippen LogP contribution in [0.1, 0.15) is 5.56 Å². The third-order valence-corrected chi connectivity index (χ3v) is 4.86. The van der Waals surface area contributed by atoms with Gasteiger partial charge in [-0.25, -0.2) is 17.1 Å². The van der Waals surface area contributed by atoms with Gasteiger partial charge in [-0.2, -0.15) is 0 Å². The summed E-state index contributed by atoms with van der Waals surface area (Å²) in [4.78, 5) is 0. The van der Waals surface area contributed by atoms with E-state index in [9.17, 15) is 12.8 Å². The molecule has 1 aliphatic rings. The van der Waals surface area contributed by atoms with Crippen LogP contribution in [0.25, 0.3) is 0 Å². The largest absolute Gasteiger partial charge is 0.239 e. The van der Waals surface area contributed by atoms with Crippen molar-refractivity contribution in [3.63, 3.8) is 0 Å². The average molecular weight is 277 g/mol. The summed E-state index contributed by atoms with van der Waals surface area (Å²) in [5, 5.41) is 0. The summed E-state index contributed by atoms with van der Waals surface area (Å²) in [6, 6.07) is 13.1. The molecule has 2 aromatic carbocycles. The van der Waals surface area contributed by atoms with Gasteiger partial charge >= 0.3 is 0 Å². The van der Waals surface area contributed by atoms with Crippen molar-refractivity contribution in [3.8, 4) is 0 Å². The van der Waals surface area contributed by atoms with Gasteiger partial charge in [0, 0.05) is 0 Å². The number of benzene rings is 2. The van der Waals surface area contributed by atoms with Crippen LogP contribution in [0.15, 0.2) is 48.5 Å². The SMILES string of the molecule is O=S1(=O)CCc2ccccc2N1c1ccccc1F. The predicted molar refractivity (Wildman–Crippen MR) is 72.5 cm³/mol. The van der Waals surface area contributed by atoms with Crippen molar-refractivity contribution < 1.29 is 12.8 Å². The molecule has 0 aromatic heterocycles. The highest BCUT2D eigenvalue weighted by Crippen LogP contribution is 2.36. The number of aryl methyl sites for hydroxylation is 1. The molecule has 0 fully saturated rings. The Balaban J connectivity index is 2.26. The Kier molecular flexibility index (Phi) is 2.78. The number of rotatable bonds is 1. The van der Waals surface area contributed by atoms with Gasteiger partial charge in [-0.3, -0.25) is 0 Å². The Labute approximate surface area is 111 Å². The van der Waals surface area contributed by atoms with Gasteiger partial charge in [-0.1, -0.05) is 30.3 Å². The van der Waals surface area contributed by atoms with Gasteiger partial charge in [-0.05, 0) is 30.2 Å². The summed E-state index contributed by atoms with van der Waals surface area (Å²) in [5.74, 6) is -0.541. The van der Waals surface area contributed by atoms with Gasteiger partial charge in [0.05, 0.1) is 17.1 Å². The highest BCUT2D eigenvalue weighted by molar-refractivity contribution is 7.93. The summed E-state index contributed by atoms with van der Waals surface area (Å²) >= 11 is 0. The van der Waals surface area contributed by atoms with Crippen molar-refractivity contribution in [3.05, 3.63) is 59.9 Å². The molecular formula is C14H12FNO2S. The summed E-state index contributed by atoms with van der Waals surface area (Å²) in [6.45, 7) is 0. The van der Waals surface area contributed by atoms with Crippen LogP contribution in [0.3, 0.4) is 0 Å². The fourth-order valence-electron chi connectivity index (χ4n) is 2.30. The molecule has 98 valence electrons. The van der Waals surface area contributed by atoms with Gasteiger partial charge in [0.15, 0.2) is 0 Å². The maximum atomic E-state index is 13.9. The van der Waals surface area contributed by atoms with Crippen molar-refractivity contribution in [2.24, 2.45) is 0 Å². The molecule has 1 heterocycles. The third-order valence-electron chi connectivity index (χ3n) is 3.19. The summed E-state index contributed by atoms with van der Waals surface area (Å²) in [5.41, 5.74) is 1.54. The average Bonchev–Trinajstić information content (AvgIpc) is 2.40. The van der Waals surface area contributed by atoms with Crippen LogP contribution in [-0.4, -0.2) is 14.2 Å². The van der Waals surface area contributed by atoms with Gasteiger partial charge in [-0.15, -0.1) is 0 Å². The second kappa shape index (κ2) is 4.35. The zero-order valence-corrected chi connectivity index (χ0v) is 10.9. The molecule has 0 N–H and O–H groups in total. The smallest absolute Gasteiger partial charge is 0.235 e. The minimum atomic E-state index is -3.52. The number of para-hydroxylation sites is 2. The summed E-state index contributed by atoms with van der Waals surface area (Å²) < 4.78 is 39.5. The maximum Gasteiger partial charge on any atom is 0.239 e. The molecule has 0 atom stereocenters. The van der Waals surface area contributed by atoms with Crippen molar-refractivity contribution >= 4 is 21.4 Å². The normalized spacial score (nSPS) is 17.0. The van der Waals surface area contributed by atoms with Crippen LogP contribution in [0.5, 0.6) is 0 Å². The van der Waals surface area contributed by atoms with Crippen LogP contribution in [0, 0.1) is 5.82 Å². The molecule has 5 heteroatoms. The van der Waals surface area contributed by atoms with E-state index in [1.807, 2.05) is 12.1 Å². The summed E-state index contributed by atoms with van der Waals surface area (Å²) in [7, 11) is -3.52. The second-order valence-corrected chi connectivity index (χ2v) is 6.35. The molecule has 0 bridgehead atoms. The van der Waals surface area contributed by atoms with E-state index in [4.69, 9.17) is 0 Å². The molecule has 0 aliphatic carbocycles. The number of fused-ring (bicyclic) bond motifs is 1. The maximum absolute atomic E-state index is 13.9. The Morgan fingerprint density at radius 2 is 1.58 bits per heavy atom. The van der Waals surface area contributed by atoms with E-state index in [0.717, 1.165) is 9.87 Å². The molecule has 0 radical (unpaired) electrons. The Bertz CT molecular complexity index is 728.